The van der Waals surface area contributed by atoms with Gasteiger partial charge < -0.3 is 10.1 Å². The summed E-state index contributed by atoms with van der Waals surface area (Å²) >= 11 is 7.43. The Balaban J connectivity index is 1.67. The van der Waals surface area contributed by atoms with Crippen LogP contribution in [0.15, 0.2) is 64.9 Å². The highest BCUT2D eigenvalue weighted by molar-refractivity contribution is 7.13. The van der Waals surface area contributed by atoms with Crippen LogP contribution in [0.3, 0.4) is 0 Å². The minimum absolute atomic E-state index is 0.0195. The molecule has 2 aromatic carbocycles. The second kappa shape index (κ2) is 8.42. The third-order valence-corrected chi connectivity index (χ3v) is 5.12. The molecule has 0 aliphatic heterocycles. The van der Waals surface area contributed by atoms with Crippen LogP contribution in [0.4, 0.5) is 5.13 Å². The predicted molar refractivity (Wildman–Crippen MR) is 113 cm³/mol. The maximum absolute atomic E-state index is 13.0. The number of amides is 1. The number of thiazole rings is 1. The van der Waals surface area contributed by atoms with Gasteiger partial charge in [-0.3, -0.25) is 14.2 Å². The number of nitrogens with zero attached hydrogens (tertiary/aromatic N) is 3. The number of carbonyl (C=O) groups excluding carboxylic acids is 1. The van der Waals surface area contributed by atoms with Crippen LogP contribution in [-0.4, -0.2) is 20.4 Å². The summed E-state index contributed by atoms with van der Waals surface area (Å²) in [5.74, 6) is 0.413. The first-order valence-corrected chi connectivity index (χ1v) is 9.93. The molecule has 0 atom stereocenters. The Bertz CT molecular complexity index is 1220. The Morgan fingerprint density at radius 1 is 1.17 bits per heavy atom. The molecule has 2 heterocycles. The minimum atomic E-state index is -0.377. The van der Waals surface area contributed by atoms with E-state index >= 15 is 0 Å². The van der Waals surface area contributed by atoms with E-state index < -0.39 is 0 Å². The van der Waals surface area contributed by atoms with Gasteiger partial charge in [-0.2, -0.15) is 0 Å². The van der Waals surface area contributed by atoms with E-state index in [-0.39, 0.29) is 24.6 Å². The highest BCUT2D eigenvalue weighted by Crippen LogP contribution is 2.24. The van der Waals surface area contributed by atoms with E-state index in [9.17, 15) is 9.59 Å². The average molecular weight is 427 g/mol. The van der Waals surface area contributed by atoms with Crippen molar-refractivity contribution in [1.29, 1.82) is 0 Å². The van der Waals surface area contributed by atoms with Crippen LogP contribution in [0.25, 0.3) is 10.9 Å². The van der Waals surface area contributed by atoms with Crippen LogP contribution in [0.2, 0.25) is 5.02 Å². The number of carbonyl (C=O) groups is 1. The van der Waals surface area contributed by atoms with E-state index in [1.54, 1.807) is 60.1 Å². The van der Waals surface area contributed by atoms with Gasteiger partial charge in [0.05, 0.1) is 15.9 Å². The summed E-state index contributed by atoms with van der Waals surface area (Å²) in [6, 6.07) is 14.0. The van der Waals surface area contributed by atoms with Gasteiger partial charge in [0.2, 0.25) is 5.91 Å². The first-order valence-electron chi connectivity index (χ1n) is 8.67. The van der Waals surface area contributed by atoms with Crippen molar-refractivity contribution < 1.29 is 9.53 Å². The molecular weight excluding hydrogens is 412 g/mol. The normalized spacial score (nSPS) is 10.8. The molecule has 9 heteroatoms. The van der Waals surface area contributed by atoms with Crippen LogP contribution >= 0.6 is 22.9 Å². The summed E-state index contributed by atoms with van der Waals surface area (Å²) < 4.78 is 7.07. The number of halogens is 1. The standard InChI is InChI=1S/C20H15ClN4O3S/c21-14-6-2-4-8-16(14)28-12-17-23-15-7-3-1-5-13(15)19(27)25(17)11-18(26)24-20-22-9-10-29-20/h1-10H,11-12H2,(H,22,24,26). The summed E-state index contributed by atoms with van der Waals surface area (Å²) in [6.45, 7) is -0.230. The first-order chi connectivity index (χ1) is 14.1. The molecule has 0 fully saturated rings. The van der Waals surface area contributed by atoms with Gasteiger partial charge in [-0.1, -0.05) is 35.9 Å². The van der Waals surface area contributed by atoms with Crippen molar-refractivity contribution in [3.05, 3.63) is 81.3 Å². The molecule has 1 amide bonds. The minimum Gasteiger partial charge on any atom is -0.484 e. The van der Waals surface area contributed by atoms with Gasteiger partial charge in [-0.25, -0.2) is 9.97 Å². The van der Waals surface area contributed by atoms with Gasteiger partial charge in [-0.05, 0) is 24.3 Å². The molecule has 0 spiro atoms. The summed E-state index contributed by atoms with van der Waals surface area (Å²) in [5, 5.41) is 5.77. The molecule has 4 rings (SSSR count). The van der Waals surface area contributed by atoms with Crippen molar-refractivity contribution in [3.63, 3.8) is 0 Å². The van der Waals surface area contributed by atoms with Crippen molar-refractivity contribution in [2.24, 2.45) is 0 Å². The summed E-state index contributed by atoms with van der Waals surface area (Å²) in [6.07, 6.45) is 1.59. The van der Waals surface area contributed by atoms with Gasteiger partial charge in [0.25, 0.3) is 5.56 Å². The average Bonchev–Trinajstić information content (AvgIpc) is 3.23. The maximum Gasteiger partial charge on any atom is 0.261 e. The maximum atomic E-state index is 13.0. The number of benzene rings is 2. The zero-order valence-electron chi connectivity index (χ0n) is 15.0. The fourth-order valence-electron chi connectivity index (χ4n) is 2.78. The van der Waals surface area contributed by atoms with Gasteiger partial charge in [0.1, 0.15) is 18.9 Å². The lowest BCUT2D eigenvalue weighted by Gasteiger charge is -2.14. The number of ether oxygens (including phenoxy) is 1. The van der Waals surface area contributed by atoms with Crippen LogP contribution in [0.5, 0.6) is 5.75 Å². The van der Waals surface area contributed by atoms with Crippen molar-refractivity contribution in [2.75, 3.05) is 5.32 Å². The Morgan fingerprint density at radius 3 is 2.76 bits per heavy atom. The Morgan fingerprint density at radius 2 is 1.97 bits per heavy atom. The lowest BCUT2D eigenvalue weighted by Crippen LogP contribution is -2.31. The molecule has 0 saturated carbocycles. The first kappa shape index (κ1) is 19.1. The number of hydrogen-bond acceptors (Lipinski definition) is 6. The molecule has 0 saturated heterocycles. The van der Waals surface area contributed by atoms with E-state index in [4.69, 9.17) is 16.3 Å². The van der Waals surface area contributed by atoms with Gasteiger partial charge in [-0.15, -0.1) is 11.3 Å². The Kier molecular flexibility index (Phi) is 5.55. The van der Waals surface area contributed by atoms with Crippen molar-refractivity contribution in [3.8, 4) is 5.75 Å². The van der Waals surface area contributed by atoms with Crippen molar-refractivity contribution in [2.45, 2.75) is 13.2 Å². The quantitative estimate of drug-likeness (QED) is 0.507. The summed E-state index contributed by atoms with van der Waals surface area (Å²) in [7, 11) is 0. The number of anilines is 1. The number of nitrogens with one attached hydrogen (secondary N) is 1. The molecule has 7 nitrogen and oxygen atoms in total. The molecule has 0 bridgehead atoms. The largest absolute Gasteiger partial charge is 0.484 e. The number of para-hydroxylation sites is 2. The fourth-order valence-corrected chi connectivity index (χ4v) is 3.51. The molecule has 4 aromatic rings. The van der Waals surface area contributed by atoms with E-state index in [2.05, 4.69) is 15.3 Å². The topological polar surface area (TPSA) is 86.1 Å². The van der Waals surface area contributed by atoms with Crippen molar-refractivity contribution >= 4 is 44.9 Å². The lowest BCUT2D eigenvalue weighted by molar-refractivity contribution is -0.116. The number of fused-ring (bicyclic) bond motifs is 1. The van der Waals surface area contributed by atoms with Crippen LogP contribution in [-0.2, 0) is 17.9 Å². The number of rotatable bonds is 6. The summed E-state index contributed by atoms with van der Waals surface area (Å²) in [5.41, 5.74) is 0.217. The van der Waals surface area contributed by atoms with Crippen LogP contribution in [0.1, 0.15) is 5.82 Å². The number of hydrogen-bond donors (Lipinski definition) is 1. The van der Waals surface area contributed by atoms with Gasteiger partial charge in [0, 0.05) is 11.6 Å². The molecular formula is C20H15ClN4O3S. The highest BCUT2D eigenvalue weighted by Gasteiger charge is 2.15. The molecule has 29 heavy (non-hydrogen) atoms. The van der Waals surface area contributed by atoms with E-state index in [1.165, 1.54) is 15.9 Å². The Hall–Kier alpha value is -3.23. The van der Waals surface area contributed by atoms with E-state index in [0.717, 1.165) is 0 Å². The highest BCUT2D eigenvalue weighted by atomic mass is 35.5. The molecule has 0 unspecified atom stereocenters. The second-order valence-corrected chi connectivity index (χ2v) is 7.34. The number of aromatic nitrogens is 3. The van der Waals surface area contributed by atoms with Crippen LogP contribution in [0, 0.1) is 0 Å². The van der Waals surface area contributed by atoms with E-state index in [0.29, 0.717) is 32.6 Å². The fraction of sp³-hybridized carbons (Fsp3) is 0.100. The second-order valence-electron chi connectivity index (χ2n) is 6.04. The molecule has 1 N–H and O–H groups in total. The van der Waals surface area contributed by atoms with Gasteiger partial charge in [0.15, 0.2) is 11.0 Å². The molecule has 2 aromatic heterocycles. The zero-order valence-corrected chi connectivity index (χ0v) is 16.6. The zero-order chi connectivity index (χ0) is 20.2. The predicted octanol–water partition coefficient (Wildman–Crippen LogP) is 3.72. The molecule has 0 aliphatic rings. The van der Waals surface area contributed by atoms with E-state index in [1.807, 2.05) is 0 Å². The SMILES string of the molecule is O=C(Cn1c(COc2ccccc2Cl)nc2ccccc2c1=O)Nc1nccs1. The van der Waals surface area contributed by atoms with Gasteiger partial charge >= 0.3 is 0 Å². The molecule has 0 aliphatic carbocycles. The monoisotopic (exact) mass is 426 g/mol. The third-order valence-electron chi connectivity index (χ3n) is 4.11. The third kappa shape index (κ3) is 4.28. The molecule has 146 valence electrons. The van der Waals surface area contributed by atoms with Crippen molar-refractivity contribution in [1.82, 2.24) is 14.5 Å². The Labute approximate surface area is 174 Å². The summed E-state index contributed by atoms with van der Waals surface area (Å²) in [4.78, 5) is 34.0. The molecule has 0 radical (unpaired) electrons. The lowest BCUT2D eigenvalue weighted by atomic mass is 10.2. The van der Waals surface area contributed by atoms with Crippen LogP contribution < -0.4 is 15.6 Å². The smallest absolute Gasteiger partial charge is 0.261 e.